The van der Waals surface area contributed by atoms with Gasteiger partial charge in [-0.15, -0.1) is 0 Å². The molecule has 4 nitrogen and oxygen atoms in total. The third-order valence-electron chi connectivity index (χ3n) is 4.01. The predicted octanol–water partition coefficient (Wildman–Crippen LogP) is 3.67. The molecule has 2 aromatic rings. The molecule has 0 amide bonds. The van der Waals surface area contributed by atoms with Crippen molar-refractivity contribution >= 4 is 15.9 Å². The van der Waals surface area contributed by atoms with Gasteiger partial charge in [-0.1, -0.05) is 35.0 Å². The fraction of sp³-hybridized carbons (Fsp3) is 0.438. The number of rotatable bonds is 6. The lowest BCUT2D eigenvalue weighted by Gasteiger charge is -2.18. The standard InChI is InChI=1S/C16H23BrN4/c1-4-11(2)21-9-8-13(20-21)10-16(19-18)14-6-5-7-15(17)12(14)3/h5-9,11,16,19H,4,10,18H2,1-3H3. The minimum atomic E-state index is 0.0581. The van der Waals surface area contributed by atoms with Gasteiger partial charge in [0.2, 0.25) is 0 Å². The zero-order valence-electron chi connectivity index (χ0n) is 12.8. The van der Waals surface area contributed by atoms with Gasteiger partial charge in [-0.2, -0.15) is 5.10 Å². The van der Waals surface area contributed by atoms with Crippen LogP contribution in [0.1, 0.15) is 49.2 Å². The number of nitrogens with two attached hydrogens (primary N) is 1. The van der Waals surface area contributed by atoms with Crippen molar-refractivity contribution in [3.8, 4) is 0 Å². The van der Waals surface area contributed by atoms with E-state index < -0.39 is 0 Å². The molecule has 0 radical (unpaired) electrons. The molecular weight excluding hydrogens is 328 g/mol. The summed E-state index contributed by atoms with van der Waals surface area (Å²) in [5.74, 6) is 5.76. The summed E-state index contributed by atoms with van der Waals surface area (Å²) in [6.45, 7) is 6.44. The van der Waals surface area contributed by atoms with Gasteiger partial charge < -0.3 is 0 Å². The van der Waals surface area contributed by atoms with E-state index in [9.17, 15) is 0 Å². The lowest BCUT2D eigenvalue weighted by Crippen LogP contribution is -2.30. The number of hydrazine groups is 1. The van der Waals surface area contributed by atoms with E-state index in [4.69, 9.17) is 5.84 Å². The molecule has 0 saturated heterocycles. The topological polar surface area (TPSA) is 55.9 Å². The van der Waals surface area contributed by atoms with Crippen LogP contribution < -0.4 is 11.3 Å². The van der Waals surface area contributed by atoms with Crippen LogP contribution >= 0.6 is 15.9 Å². The van der Waals surface area contributed by atoms with Crippen molar-refractivity contribution < 1.29 is 0 Å². The number of benzene rings is 1. The maximum Gasteiger partial charge on any atom is 0.0644 e. The molecule has 1 heterocycles. The molecule has 0 saturated carbocycles. The Bertz CT molecular complexity index is 594. The van der Waals surface area contributed by atoms with E-state index in [1.807, 2.05) is 23.0 Å². The van der Waals surface area contributed by atoms with Crippen molar-refractivity contribution in [3.63, 3.8) is 0 Å². The summed E-state index contributed by atoms with van der Waals surface area (Å²) in [6, 6.07) is 8.75. The van der Waals surface area contributed by atoms with Crippen LogP contribution in [0.15, 0.2) is 34.9 Å². The number of hydrogen-bond donors (Lipinski definition) is 2. The van der Waals surface area contributed by atoms with E-state index in [-0.39, 0.29) is 6.04 Å². The van der Waals surface area contributed by atoms with E-state index in [0.29, 0.717) is 6.04 Å². The van der Waals surface area contributed by atoms with Crippen molar-refractivity contribution in [1.29, 1.82) is 0 Å². The minimum Gasteiger partial charge on any atom is -0.271 e. The van der Waals surface area contributed by atoms with E-state index >= 15 is 0 Å². The monoisotopic (exact) mass is 350 g/mol. The maximum atomic E-state index is 5.76. The smallest absolute Gasteiger partial charge is 0.0644 e. The normalized spacial score (nSPS) is 14.1. The number of hydrogen-bond acceptors (Lipinski definition) is 3. The van der Waals surface area contributed by atoms with Gasteiger partial charge >= 0.3 is 0 Å². The van der Waals surface area contributed by atoms with Crippen LogP contribution in [0.4, 0.5) is 0 Å². The zero-order chi connectivity index (χ0) is 15.4. The maximum absolute atomic E-state index is 5.76. The molecule has 0 spiro atoms. The summed E-state index contributed by atoms with van der Waals surface area (Å²) in [7, 11) is 0. The first kappa shape index (κ1) is 16.2. The Morgan fingerprint density at radius 3 is 2.81 bits per heavy atom. The SMILES string of the molecule is CCC(C)n1ccc(CC(NN)c2cccc(Br)c2C)n1. The van der Waals surface area contributed by atoms with Crippen molar-refractivity contribution in [2.24, 2.45) is 5.84 Å². The molecule has 0 aliphatic rings. The molecular formula is C16H23BrN4. The van der Waals surface area contributed by atoms with Gasteiger partial charge in [0.25, 0.3) is 0 Å². The van der Waals surface area contributed by atoms with Crippen LogP contribution in [0.2, 0.25) is 0 Å². The summed E-state index contributed by atoms with van der Waals surface area (Å²) in [4.78, 5) is 0. The summed E-state index contributed by atoms with van der Waals surface area (Å²) >= 11 is 3.57. The molecule has 0 fully saturated rings. The largest absolute Gasteiger partial charge is 0.271 e. The molecule has 1 aromatic carbocycles. The Labute approximate surface area is 134 Å². The number of nitrogens with zero attached hydrogens (tertiary/aromatic N) is 2. The molecule has 5 heteroatoms. The first-order chi connectivity index (χ1) is 10.1. The second kappa shape index (κ2) is 7.20. The average Bonchev–Trinajstić information content (AvgIpc) is 2.95. The van der Waals surface area contributed by atoms with Crippen LogP contribution in [-0.2, 0) is 6.42 Å². The highest BCUT2D eigenvalue weighted by molar-refractivity contribution is 9.10. The quantitative estimate of drug-likeness (QED) is 0.617. The molecule has 1 aromatic heterocycles. The summed E-state index contributed by atoms with van der Waals surface area (Å²) < 4.78 is 3.13. The van der Waals surface area contributed by atoms with E-state index in [2.05, 4.69) is 59.4 Å². The molecule has 2 unspecified atom stereocenters. The highest BCUT2D eigenvalue weighted by atomic mass is 79.9. The van der Waals surface area contributed by atoms with Gasteiger partial charge in [0, 0.05) is 23.1 Å². The fourth-order valence-corrected chi connectivity index (χ4v) is 2.77. The zero-order valence-corrected chi connectivity index (χ0v) is 14.4. The second-order valence-corrected chi connectivity index (χ2v) is 6.28. The Morgan fingerprint density at radius 2 is 2.14 bits per heavy atom. The Balaban J connectivity index is 2.19. The molecule has 21 heavy (non-hydrogen) atoms. The van der Waals surface area contributed by atoms with Crippen LogP contribution in [0.5, 0.6) is 0 Å². The number of aromatic nitrogens is 2. The van der Waals surface area contributed by atoms with Crippen LogP contribution in [0.3, 0.4) is 0 Å². The highest BCUT2D eigenvalue weighted by Crippen LogP contribution is 2.26. The number of nitrogens with one attached hydrogen (secondary N) is 1. The van der Waals surface area contributed by atoms with Crippen LogP contribution in [0.25, 0.3) is 0 Å². The lowest BCUT2D eigenvalue weighted by molar-refractivity contribution is 0.467. The van der Waals surface area contributed by atoms with Gasteiger partial charge in [-0.05, 0) is 43.5 Å². The predicted molar refractivity (Wildman–Crippen MR) is 89.9 cm³/mol. The summed E-state index contributed by atoms with van der Waals surface area (Å²) in [5, 5.41) is 4.66. The van der Waals surface area contributed by atoms with E-state index in [1.54, 1.807) is 0 Å². The summed E-state index contributed by atoms with van der Waals surface area (Å²) in [5.41, 5.74) is 6.38. The molecule has 0 aliphatic heterocycles. The molecule has 3 N–H and O–H groups in total. The minimum absolute atomic E-state index is 0.0581. The molecule has 114 valence electrons. The first-order valence-electron chi connectivity index (χ1n) is 7.32. The van der Waals surface area contributed by atoms with Crippen molar-refractivity contribution in [3.05, 3.63) is 51.8 Å². The van der Waals surface area contributed by atoms with E-state index in [1.165, 1.54) is 11.1 Å². The van der Waals surface area contributed by atoms with Gasteiger partial charge in [0.1, 0.15) is 0 Å². The Morgan fingerprint density at radius 1 is 1.38 bits per heavy atom. The Hall–Kier alpha value is -1.17. The van der Waals surface area contributed by atoms with Gasteiger partial charge in [0.05, 0.1) is 11.7 Å². The number of halogens is 1. The molecule has 0 bridgehead atoms. The van der Waals surface area contributed by atoms with Crippen molar-refractivity contribution in [2.75, 3.05) is 0 Å². The molecule has 2 rings (SSSR count). The van der Waals surface area contributed by atoms with Crippen LogP contribution in [0, 0.1) is 6.92 Å². The molecule has 2 atom stereocenters. The summed E-state index contributed by atoms with van der Waals surface area (Å²) in [6.07, 6.45) is 3.90. The van der Waals surface area contributed by atoms with Crippen molar-refractivity contribution in [1.82, 2.24) is 15.2 Å². The average molecular weight is 351 g/mol. The fourth-order valence-electron chi connectivity index (χ4n) is 2.39. The first-order valence-corrected chi connectivity index (χ1v) is 8.11. The van der Waals surface area contributed by atoms with Gasteiger partial charge in [0.15, 0.2) is 0 Å². The van der Waals surface area contributed by atoms with Crippen molar-refractivity contribution in [2.45, 2.75) is 45.7 Å². The van der Waals surface area contributed by atoms with Crippen LogP contribution in [-0.4, -0.2) is 9.78 Å². The molecule has 0 aliphatic carbocycles. The lowest BCUT2D eigenvalue weighted by atomic mass is 9.98. The van der Waals surface area contributed by atoms with Gasteiger partial charge in [-0.3, -0.25) is 16.0 Å². The highest BCUT2D eigenvalue weighted by Gasteiger charge is 2.16. The Kier molecular flexibility index (Phi) is 5.56. The third kappa shape index (κ3) is 3.73. The van der Waals surface area contributed by atoms with Gasteiger partial charge in [-0.25, -0.2) is 0 Å². The third-order valence-corrected chi connectivity index (χ3v) is 4.86. The second-order valence-electron chi connectivity index (χ2n) is 5.42. The van der Waals surface area contributed by atoms with E-state index in [0.717, 1.165) is 23.0 Å².